The summed E-state index contributed by atoms with van der Waals surface area (Å²) in [6.45, 7) is 2.20. The predicted octanol–water partition coefficient (Wildman–Crippen LogP) is 3.21. The number of hydrogen-bond donors (Lipinski definition) is 2. The maximum absolute atomic E-state index is 10.7. The Labute approximate surface area is 119 Å². The van der Waals surface area contributed by atoms with E-state index in [9.17, 15) is 10.2 Å². The summed E-state index contributed by atoms with van der Waals surface area (Å²) in [5, 5.41) is 22.3. The molecule has 1 aliphatic carbocycles. The van der Waals surface area contributed by atoms with Gasteiger partial charge in [0, 0.05) is 17.1 Å². The first-order valence-corrected chi connectivity index (χ1v) is 7.34. The third kappa shape index (κ3) is 2.43. The normalized spacial score (nSPS) is 28.4. The van der Waals surface area contributed by atoms with Gasteiger partial charge in [-0.15, -0.1) is 0 Å². The molecule has 0 saturated heterocycles. The summed E-state index contributed by atoms with van der Waals surface area (Å²) in [6, 6.07) is 9.76. The van der Waals surface area contributed by atoms with E-state index in [0.29, 0.717) is 24.3 Å². The van der Waals surface area contributed by atoms with Crippen molar-refractivity contribution in [1.82, 2.24) is 4.98 Å². The van der Waals surface area contributed by atoms with Gasteiger partial charge in [-0.1, -0.05) is 25.1 Å². The molecule has 0 amide bonds. The molecule has 3 nitrogen and oxygen atoms in total. The van der Waals surface area contributed by atoms with Crippen LogP contribution in [0, 0.1) is 5.92 Å². The van der Waals surface area contributed by atoms with Gasteiger partial charge < -0.3 is 10.2 Å². The van der Waals surface area contributed by atoms with E-state index in [1.807, 2.05) is 30.3 Å². The van der Waals surface area contributed by atoms with Crippen LogP contribution >= 0.6 is 0 Å². The minimum absolute atomic E-state index is 0.636. The Morgan fingerprint density at radius 1 is 1.25 bits per heavy atom. The van der Waals surface area contributed by atoms with Gasteiger partial charge in [0.1, 0.15) is 6.10 Å². The molecular formula is C17H21NO2. The van der Waals surface area contributed by atoms with E-state index < -0.39 is 11.7 Å². The van der Waals surface area contributed by atoms with Crippen molar-refractivity contribution >= 4 is 10.9 Å². The van der Waals surface area contributed by atoms with Crippen LogP contribution in [-0.2, 0) is 0 Å². The molecule has 2 aromatic rings. The molecule has 0 bridgehead atoms. The van der Waals surface area contributed by atoms with E-state index in [4.69, 9.17) is 0 Å². The zero-order valence-corrected chi connectivity index (χ0v) is 11.8. The van der Waals surface area contributed by atoms with Crippen molar-refractivity contribution in [2.45, 2.75) is 44.3 Å². The Morgan fingerprint density at radius 2 is 1.95 bits per heavy atom. The fourth-order valence-electron chi connectivity index (χ4n) is 3.08. The monoisotopic (exact) mass is 271 g/mol. The van der Waals surface area contributed by atoms with E-state index in [2.05, 4.69) is 11.9 Å². The molecule has 20 heavy (non-hydrogen) atoms. The van der Waals surface area contributed by atoms with Crippen molar-refractivity contribution in [3.8, 4) is 0 Å². The molecule has 106 valence electrons. The molecule has 1 aromatic carbocycles. The maximum Gasteiger partial charge on any atom is 0.109 e. The molecule has 1 fully saturated rings. The maximum atomic E-state index is 10.7. The summed E-state index contributed by atoms with van der Waals surface area (Å²) < 4.78 is 0. The number of benzene rings is 1. The van der Waals surface area contributed by atoms with Gasteiger partial charge in [-0.3, -0.25) is 4.98 Å². The third-order valence-corrected chi connectivity index (χ3v) is 4.58. The highest BCUT2D eigenvalue weighted by Gasteiger charge is 2.39. The van der Waals surface area contributed by atoms with Gasteiger partial charge in [-0.2, -0.15) is 0 Å². The fraction of sp³-hybridized carbons (Fsp3) is 0.471. The molecule has 3 rings (SSSR count). The molecular weight excluding hydrogens is 250 g/mol. The Bertz CT molecular complexity index is 603. The van der Waals surface area contributed by atoms with Crippen LogP contribution in [0.15, 0.2) is 36.5 Å². The van der Waals surface area contributed by atoms with Crippen molar-refractivity contribution in [2.75, 3.05) is 0 Å². The molecule has 1 aromatic heterocycles. The largest absolute Gasteiger partial charge is 0.387 e. The summed E-state index contributed by atoms with van der Waals surface area (Å²) >= 11 is 0. The topological polar surface area (TPSA) is 53.4 Å². The van der Waals surface area contributed by atoms with Crippen LogP contribution in [0.1, 0.15) is 44.3 Å². The molecule has 0 spiro atoms. The number of aliphatic hydroxyl groups is 2. The van der Waals surface area contributed by atoms with Crippen LogP contribution in [0.5, 0.6) is 0 Å². The molecule has 1 saturated carbocycles. The van der Waals surface area contributed by atoms with Crippen LogP contribution in [-0.4, -0.2) is 20.8 Å². The Morgan fingerprint density at radius 3 is 2.70 bits per heavy atom. The highest BCUT2D eigenvalue weighted by molar-refractivity contribution is 5.78. The van der Waals surface area contributed by atoms with Gasteiger partial charge in [0.2, 0.25) is 0 Å². The molecule has 1 atom stereocenters. The van der Waals surface area contributed by atoms with E-state index >= 15 is 0 Å². The number of pyridine rings is 1. The second-order valence-electron chi connectivity index (χ2n) is 6.15. The quantitative estimate of drug-likeness (QED) is 0.882. The summed E-state index contributed by atoms with van der Waals surface area (Å²) in [5.41, 5.74) is 0.616. The van der Waals surface area contributed by atoms with Crippen molar-refractivity contribution in [3.63, 3.8) is 0 Å². The zero-order chi connectivity index (χ0) is 14.2. The van der Waals surface area contributed by atoms with Gasteiger partial charge in [-0.05, 0) is 43.7 Å². The first kappa shape index (κ1) is 13.5. The molecule has 0 aliphatic heterocycles. The first-order chi connectivity index (χ1) is 9.58. The number of aliphatic hydroxyl groups excluding tert-OH is 1. The Balaban J connectivity index is 1.89. The molecule has 1 aliphatic rings. The van der Waals surface area contributed by atoms with E-state index in [1.165, 1.54) is 0 Å². The van der Waals surface area contributed by atoms with Crippen molar-refractivity contribution in [1.29, 1.82) is 0 Å². The molecule has 0 radical (unpaired) electrons. The van der Waals surface area contributed by atoms with Crippen LogP contribution < -0.4 is 0 Å². The van der Waals surface area contributed by atoms with Crippen molar-refractivity contribution in [3.05, 3.63) is 42.1 Å². The number of hydrogen-bond acceptors (Lipinski definition) is 3. The number of nitrogens with zero attached hydrogens (tertiary/aromatic N) is 1. The van der Waals surface area contributed by atoms with Crippen LogP contribution in [0.2, 0.25) is 0 Å². The fourth-order valence-corrected chi connectivity index (χ4v) is 3.08. The highest BCUT2D eigenvalue weighted by atomic mass is 16.3. The van der Waals surface area contributed by atoms with Gasteiger partial charge in [0.15, 0.2) is 0 Å². The average molecular weight is 271 g/mol. The summed E-state index contributed by atoms with van der Waals surface area (Å²) in [4.78, 5) is 4.37. The van der Waals surface area contributed by atoms with E-state index in [0.717, 1.165) is 23.7 Å². The molecule has 2 N–H and O–H groups in total. The van der Waals surface area contributed by atoms with Crippen LogP contribution in [0.3, 0.4) is 0 Å². The van der Waals surface area contributed by atoms with Crippen LogP contribution in [0.25, 0.3) is 10.9 Å². The summed E-state index contributed by atoms with van der Waals surface area (Å²) in [5.74, 6) is 0.636. The zero-order valence-electron chi connectivity index (χ0n) is 11.8. The Kier molecular flexibility index (Phi) is 3.48. The number of fused-ring (bicyclic) bond motifs is 1. The average Bonchev–Trinajstić information content (AvgIpc) is 2.49. The van der Waals surface area contributed by atoms with Gasteiger partial charge in [0.05, 0.1) is 11.1 Å². The lowest BCUT2D eigenvalue weighted by molar-refractivity contribution is -0.105. The first-order valence-electron chi connectivity index (χ1n) is 7.34. The SMILES string of the molecule is CC1CCC(O)(C(O)c2cnc3ccccc3c2)CC1. The highest BCUT2D eigenvalue weighted by Crippen LogP contribution is 2.40. The molecule has 1 unspecified atom stereocenters. The lowest BCUT2D eigenvalue weighted by Gasteiger charge is -2.38. The summed E-state index contributed by atoms with van der Waals surface area (Å²) in [6.07, 6.45) is 4.07. The number of para-hydroxylation sites is 1. The smallest absolute Gasteiger partial charge is 0.109 e. The van der Waals surface area contributed by atoms with E-state index in [-0.39, 0.29) is 0 Å². The van der Waals surface area contributed by atoms with Gasteiger partial charge >= 0.3 is 0 Å². The lowest BCUT2D eigenvalue weighted by atomic mass is 9.75. The number of rotatable bonds is 2. The van der Waals surface area contributed by atoms with Crippen molar-refractivity contribution < 1.29 is 10.2 Å². The van der Waals surface area contributed by atoms with Gasteiger partial charge in [-0.25, -0.2) is 0 Å². The predicted molar refractivity (Wildman–Crippen MR) is 79.3 cm³/mol. The minimum Gasteiger partial charge on any atom is -0.387 e. The summed E-state index contributed by atoms with van der Waals surface area (Å²) in [7, 11) is 0. The minimum atomic E-state index is -1.00. The third-order valence-electron chi connectivity index (χ3n) is 4.58. The van der Waals surface area contributed by atoms with E-state index in [1.54, 1.807) is 6.20 Å². The van der Waals surface area contributed by atoms with Crippen molar-refractivity contribution in [2.24, 2.45) is 5.92 Å². The lowest BCUT2D eigenvalue weighted by Crippen LogP contribution is -2.39. The molecule has 3 heteroatoms. The standard InChI is InChI=1S/C17H21NO2/c1-12-6-8-17(20,9-7-12)16(19)14-10-13-4-2-3-5-15(13)18-11-14/h2-5,10-12,16,19-20H,6-9H2,1H3. The van der Waals surface area contributed by atoms with Gasteiger partial charge in [0.25, 0.3) is 0 Å². The molecule has 1 heterocycles. The Hall–Kier alpha value is -1.45. The second-order valence-corrected chi connectivity index (χ2v) is 6.15. The number of aromatic nitrogens is 1. The van der Waals surface area contributed by atoms with Crippen LogP contribution in [0.4, 0.5) is 0 Å². The second kappa shape index (κ2) is 5.15.